The Balaban J connectivity index is 2.16. The maximum atomic E-state index is 12.2. The van der Waals surface area contributed by atoms with Gasteiger partial charge in [-0.1, -0.05) is 12.1 Å². The first-order chi connectivity index (χ1) is 13.1. The molecule has 27 heavy (non-hydrogen) atoms. The number of rotatable bonds is 7. The summed E-state index contributed by atoms with van der Waals surface area (Å²) >= 11 is 0. The first-order valence-electron chi connectivity index (χ1n) is 8.02. The van der Waals surface area contributed by atoms with E-state index in [1.165, 1.54) is 24.6 Å². The maximum absolute atomic E-state index is 12.2. The van der Waals surface area contributed by atoms with Crippen LogP contribution < -0.4 is 16.8 Å². The Morgan fingerprint density at radius 3 is 2.70 bits per heavy atom. The zero-order valence-corrected chi connectivity index (χ0v) is 14.5. The minimum absolute atomic E-state index is 0.247. The maximum Gasteiger partial charge on any atom is 0.248 e. The fourth-order valence-corrected chi connectivity index (χ4v) is 2.32. The summed E-state index contributed by atoms with van der Waals surface area (Å²) in [7, 11) is 0. The van der Waals surface area contributed by atoms with E-state index in [1.807, 2.05) is 0 Å². The number of nitrogens with two attached hydrogens (primary N) is 2. The highest BCUT2D eigenvalue weighted by Crippen LogP contribution is 2.17. The SMILES string of the molecule is N=C/C(=C\N)c1ccncc1/C=C/C(=O)Nc1cccc(C(=N)/C=C\N)c1. The Kier molecular flexibility index (Phi) is 6.78. The molecule has 0 saturated carbocycles. The molecule has 0 saturated heterocycles. The zero-order chi connectivity index (χ0) is 19.6. The predicted octanol–water partition coefficient (Wildman–Crippen LogP) is 2.52. The van der Waals surface area contributed by atoms with Crippen LogP contribution >= 0.6 is 0 Å². The van der Waals surface area contributed by atoms with Crippen LogP contribution in [0.4, 0.5) is 5.69 Å². The van der Waals surface area contributed by atoms with E-state index in [1.54, 1.807) is 48.8 Å². The highest BCUT2D eigenvalue weighted by Gasteiger charge is 2.05. The zero-order valence-electron chi connectivity index (χ0n) is 14.5. The van der Waals surface area contributed by atoms with Crippen molar-refractivity contribution in [2.45, 2.75) is 0 Å². The average molecular weight is 360 g/mol. The largest absolute Gasteiger partial charge is 0.405 e. The van der Waals surface area contributed by atoms with Crippen molar-refractivity contribution < 1.29 is 4.79 Å². The molecule has 0 fully saturated rings. The second kappa shape index (κ2) is 9.47. The van der Waals surface area contributed by atoms with Gasteiger partial charge in [0.15, 0.2) is 0 Å². The molecule has 2 rings (SSSR count). The van der Waals surface area contributed by atoms with E-state index in [0.29, 0.717) is 28.0 Å². The molecule has 0 bridgehead atoms. The van der Waals surface area contributed by atoms with Crippen LogP contribution in [-0.4, -0.2) is 22.8 Å². The third-order valence-corrected chi connectivity index (χ3v) is 3.62. The van der Waals surface area contributed by atoms with Crippen LogP contribution in [0.15, 0.2) is 67.3 Å². The van der Waals surface area contributed by atoms with Crippen LogP contribution in [0.1, 0.15) is 16.7 Å². The number of hydrogen-bond acceptors (Lipinski definition) is 6. The number of hydrogen-bond donors (Lipinski definition) is 5. The first kappa shape index (κ1) is 19.3. The molecular weight excluding hydrogens is 340 g/mol. The number of pyridine rings is 1. The molecule has 7 N–H and O–H groups in total. The lowest BCUT2D eigenvalue weighted by Crippen LogP contribution is -2.08. The number of allylic oxidation sites excluding steroid dienone is 2. The van der Waals surface area contributed by atoms with Crippen LogP contribution in [0.2, 0.25) is 0 Å². The van der Waals surface area contributed by atoms with E-state index < -0.39 is 0 Å². The topological polar surface area (TPSA) is 142 Å². The summed E-state index contributed by atoms with van der Waals surface area (Å²) in [6.45, 7) is 0. The van der Waals surface area contributed by atoms with Crippen molar-refractivity contribution in [3.8, 4) is 0 Å². The van der Waals surface area contributed by atoms with Gasteiger partial charge in [-0.05, 0) is 42.1 Å². The fraction of sp³-hybridized carbons (Fsp3) is 0. The fourth-order valence-electron chi connectivity index (χ4n) is 2.32. The van der Waals surface area contributed by atoms with E-state index in [9.17, 15) is 4.79 Å². The van der Waals surface area contributed by atoms with Crippen molar-refractivity contribution in [1.29, 1.82) is 10.8 Å². The highest BCUT2D eigenvalue weighted by atomic mass is 16.1. The number of anilines is 1. The molecule has 0 spiro atoms. The van der Waals surface area contributed by atoms with Gasteiger partial charge in [-0.25, -0.2) is 0 Å². The molecule has 0 aliphatic carbocycles. The molecular formula is C20H20N6O. The van der Waals surface area contributed by atoms with Gasteiger partial charge in [-0.3, -0.25) is 9.78 Å². The van der Waals surface area contributed by atoms with Crippen LogP contribution in [-0.2, 0) is 4.79 Å². The molecule has 1 aromatic carbocycles. The molecule has 1 amide bonds. The van der Waals surface area contributed by atoms with E-state index in [0.717, 1.165) is 6.21 Å². The van der Waals surface area contributed by atoms with Crippen molar-refractivity contribution in [2.24, 2.45) is 11.5 Å². The molecule has 2 aromatic rings. The Bertz CT molecular complexity index is 943. The van der Waals surface area contributed by atoms with Gasteiger partial charge < -0.3 is 27.6 Å². The molecule has 7 nitrogen and oxygen atoms in total. The lowest BCUT2D eigenvalue weighted by molar-refractivity contribution is -0.111. The number of benzene rings is 1. The minimum atomic E-state index is -0.337. The quantitative estimate of drug-likeness (QED) is 0.382. The van der Waals surface area contributed by atoms with Gasteiger partial charge >= 0.3 is 0 Å². The van der Waals surface area contributed by atoms with E-state index in [4.69, 9.17) is 22.3 Å². The molecule has 7 heteroatoms. The summed E-state index contributed by atoms with van der Waals surface area (Å²) in [5.41, 5.74) is 14.2. The lowest BCUT2D eigenvalue weighted by Gasteiger charge is -2.06. The van der Waals surface area contributed by atoms with E-state index in [-0.39, 0.29) is 11.6 Å². The number of nitrogens with one attached hydrogen (secondary N) is 3. The summed E-state index contributed by atoms with van der Waals surface area (Å²) in [6.07, 6.45) is 11.4. The number of amides is 1. The van der Waals surface area contributed by atoms with Gasteiger partial charge in [0, 0.05) is 53.3 Å². The normalized spacial score (nSPS) is 11.6. The van der Waals surface area contributed by atoms with Gasteiger partial charge in [-0.2, -0.15) is 0 Å². The first-order valence-corrected chi connectivity index (χ1v) is 8.02. The van der Waals surface area contributed by atoms with Gasteiger partial charge in [-0.15, -0.1) is 0 Å². The summed E-state index contributed by atoms with van der Waals surface area (Å²) in [6, 6.07) is 8.65. The second-order valence-electron chi connectivity index (χ2n) is 5.41. The third kappa shape index (κ3) is 5.23. The lowest BCUT2D eigenvalue weighted by atomic mass is 10.0. The van der Waals surface area contributed by atoms with Crippen LogP contribution in [0.5, 0.6) is 0 Å². The Morgan fingerprint density at radius 1 is 1.19 bits per heavy atom. The molecule has 1 aromatic heterocycles. The Morgan fingerprint density at radius 2 is 2.00 bits per heavy atom. The van der Waals surface area contributed by atoms with Crippen molar-refractivity contribution >= 4 is 35.2 Å². The smallest absolute Gasteiger partial charge is 0.248 e. The van der Waals surface area contributed by atoms with E-state index in [2.05, 4.69) is 10.3 Å². The predicted molar refractivity (Wildman–Crippen MR) is 109 cm³/mol. The molecule has 0 atom stereocenters. The summed E-state index contributed by atoms with van der Waals surface area (Å²) in [4.78, 5) is 16.3. The number of nitrogens with zero attached hydrogens (tertiary/aromatic N) is 1. The molecule has 0 aliphatic rings. The van der Waals surface area contributed by atoms with Gasteiger partial charge in [0.2, 0.25) is 5.91 Å². The standard InChI is InChI=1S/C20H20N6O/c21-8-6-19(24)14-2-1-3-17(10-14)26-20(27)5-4-15-13-25-9-7-18(15)16(11-22)12-23/h1-13,22,24H,21,23H2,(H,26,27)/b5-4+,8-6-,16-12+,22-11?,24-19?. The highest BCUT2D eigenvalue weighted by molar-refractivity contribution is 6.10. The van der Waals surface area contributed by atoms with Crippen LogP contribution in [0, 0.1) is 10.8 Å². The van der Waals surface area contributed by atoms with E-state index >= 15 is 0 Å². The van der Waals surface area contributed by atoms with Gasteiger partial charge in [0.05, 0.1) is 5.71 Å². The van der Waals surface area contributed by atoms with Crippen molar-refractivity contribution in [3.63, 3.8) is 0 Å². The summed E-state index contributed by atoms with van der Waals surface area (Å²) in [5, 5.41) is 18.0. The van der Waals surface area contributed by atoms with Crippen molar-refractivity contribution in [3.05, 3.63) is 84.0 Å². The minimum Gasteiger partial charge on any atom is -0.405 e. The average Bonchev–Trinajstić information content (AvgIpc) is 2.68. The Hall–Kier alpha value is -4.00. The van der Waals surface area contributed by atoms with Crippen molar-refractivity contribution in [1.82, 2.24) is 4.98 Å². The number of aromatic nitrogens is 1. The third-order valence-electron chi connectivity index (χ3n) is 3.62. The van der Waals surface area contributed by atoms with Crippen LogP contribution in [0.3, 0.4) is 0 Å². The van der Waals surface area contributed by atoms with Gasteiger partial charge in [0.1, 0.15) is 0 Å². The summed E-state index contributed by atoms with van der Waals surface area (Å²) in [5.74, 6) is -0.337. The molecule has 0 unspecified atom stereocenters. The molecule has 136 valence electrons. The van der Waals surface area contributed by atoms with Gasteiger partial charge in [0.25, 0.3) is 0 Å². The number of carbonyl (C=O) groups excluding carboxylic acids is 1. The van der Waals surface area contributed by atoms with Crippen LogP contribution in [0.25, 0.3) is 11.6 Å². The summed E-state index contributed by atoms with van der Waals surface area (Å²) < 4.78 is 0. The molecule has 0 aliphatic heterocycles. The number of carbonyl (C=O) groups is 1. The second-order valence-corrected chi connectivity index (χ2v) is 5.41. The Labute approximate surface area is 157 Å². The monoisotopic (exact) mass is 360 g/mol. The molecule has 0 radical (unpaired) electrons. The molecule has 1 heterocycles. The van der Waals surface area contributed by atoms with Crippen molar-refractivity contribution in [2.75, 3.05) is 5.32 Å².